The molecule has 2 aromatic heterocycles. The number of carbonyl (C=O) groups is 4. The van der Waals surface area contributed by atoms with E-state index in [0.29, 0.717) is 0 Å². The third kappa shape index (κ3) is 8.48. The summed E-state index contributed by atoms with van der Waals surface area (Å²) in [5.74, 6) is -2.92. The minimum absolute atomic E-state index is 0.0149. The van der Waals surface area contributed by atoms with E-state index < -0.39 is 47.9 Å². The molecule has 4 atom stereocenters. The van der Waals surface area contributed by atoms with E-state index in [1.165, 1.54) is 0 Å². The molecule has 2 heterocycles. The highest BCUT2D eigenvalue weighted by atomic mass is 16.4. The predicted molar refractivity (Wildman–Crippen MR) is 185 cm³/mol. The van der Waals surface area contributed by atoms with Crippen molar-refractivity contribution < 1.29 is 24.3 Å². The van der Waals surface area contributed by atoms with Gasteiger partial charge in [0.2, 0.25) is 17.7 Å². The van der Waals surface area contributed by atoms with Gasteiger partial charge in [-0.15, -0.1) is 0 Å². The number of carbonyl (C=O) groups excluding carboxylic acids is 3. The number of aliphatic carboxylic acids is 1. The van der Waals surface area contributed by atoms with Crippen LogP contribution < -0.4 is 21.7 Å². The minimum atomic E-state index is -1.24. The molecule has 3 amide bonds. The number of H-pyrrole nitrogens is 2. The number of aromatic amines is 2. The summed E-state index contributed by atoms with van der Waals surface area (Å²) in [5.41, 5.74) is 10.5. The van der Waals surface area contributed by atoms with Crippen LogP contribution in [0.4, 0.5) is 0 Å². The summed E-state index contributed by atoms with van der Waals surface area (Å²) in [4.78, 5) is 59.6. The van der Waals surface area contributed by atoms with Gasteiger partial charge in [0.25, 0.3) is 0 Å². The lowest BCUT2D eigenvalue weighted by Crippen LogP contribution is -2.58. The number of hydrogen-bond acceptors (Lipinski definition) is 5. The highest BCUT2D eigenvalue weighted by Gasteiger charge is 2.32. The second kappa shape index (κ2) is 15.4. The normalized spacial score (nSPS) is 13.9. The lowest BCUT2D eigenvalue weighted by atomic mass is 9.99. The van der Waals surface area contributed by atoms with Crippen molar-refractivity contribution in [2.45, 2.75) is 63.7 Å². The fourth-order valence-corrected chi connectivity index (χ4v) is 5.94. The molecule has 0 saturated carbocycles. The number of amides is 3. The number of benzene rings is 3. The van der Waals surface area contributed by atoms with Gasteiger partial charge in [0.1, 0.15) is 18.1 Å². The van der Waals surface area contributed by atoms with Crippen molar-refractivity contribution in [2.24, 2.45) is 11.7 Å². The second-order valence-corrected chi connectivity index (χ2v) is 12.6. The molecule has 5 rings (SSSR count). The van der Waals surface area contributed by atoms with Gasteiger partial charge >= 0.3 is 5.97 Å². The number of fused-ring (bicyclic) bond motifs is 2. The number of aromatic nitrogens is 2. The number of nitrogens with two attached hydrogens (primary N) is 1. The van der Waals surface area contributed by atoms with Crippen LogP contribution in [0.2, 0.25) is 0 Å². The Bertz CT molecular complexity index is 1880. The van der Waals surface area contributed by atoms with Crippen molar-refractivity contribution in [2.75, 3.05) is 0 Å². The van der Waals surface area contributed by atoms with E-state index in [9.17, 15) is 24.3 Å². The van der Waals surface area contributed by atoms with Crippen molar-refractivity contribution in [3.63, 3.8) is 0 Å². The average molecular weight is 651 g/mol. The third-order valence-corrected chi connectivity index (χ3v) is 8.42. The molecule has 48 heavy (non-hydrogen) atoms. The number of carboxylic acid groups (broad SMARTS) is 1. The zero-order valence-electron chi connectivity index (χ0n) is 27.0. The number of hydrogen-bond donors (Lipinski definition) is 7. The third-order valence-electron chi connectivity index (χ3n) is 8.42. The number of nitrogens with one attached hydrogen (secondary N) is 5. The van der Waals surface area contributed by atoms with Crippen LogP contribution in [-0.4, -0.2) is 62.9 Å². The zero-order valence-corrected chi connectivity index (χ0v) is 27.0. The number of para-hydroxylation sites is 2. The Labute approximate surface area is 278 Å². The first-order valence-corrected chi connectivity index (χ1v) is 16.1. The van der Waals surface area contributed by atoms with Crippen LogP contribution >= 0.6 is 0 Å². The van der Waals surface area contributed by atoms with Crippen LogP contribution in [0.5, 0.6) is 0 Å². The maximum absolute atomic E-state index is 14.0. The Hall–Kier alpha value is -5.42. The van der Waals surface area contributed by atoms with Crippen LogP contribution in [0, 0.1) is 5.92 Å². The maximum Gasteiger partial charge on any atom is 0.326 e. The largest absolute Gasteiger partial charge is 0.480 e. The summed E-state index contributed by atoms with van der Waals surface area (Å²) in [6.45, 7) is 3.81. The molecule has 11 heteroatoms. The summed E-state index contributed by atoms with van der Waals surface area (Å²) in [5, 5.41) is 20.1. The number of carboxylic acids is 1. The van der Waals surface area contributed by atoms with Gasteiger partial charge in [-0.2, -0.15) is 0 Å². The molecular formula is C37H42N6O5. The summed E-state index contributed by atoms with van der Waals surface area (Å²) < 4.78 is 0. The Morgan fingerprint density at radius 2 is 1.12 bits per heavy atom. The number of rotatable bonds is 15. The van der Waals surface area contributed by atoms with Crippen LogP contribution in [0.15, 0.2) is 91.3 Å². The monoisotopic (exact) mass is 650 g/mol. The Morgan fingerprint density at radius 1 is 0.646 bits per heavy atom. The van der Waals surface area contributed by atoms with Crippen LogP contribution in [0.1, 0.15) is 37.0 Å². The van der Waals surface area contributed by atoms with Crippen LogP contribution in [-0.2, 0) is 38.4 Å². The van der Waals surface area contributed by atoms with Gasteiger partial charge in [-0.3, -0.25) is 14.4 Å². The van der Waals surface area contributed by atoms with Crippen LogP contribution in [0.25, 0.3) is 21.8 Å². The SMILES string of the molecule is CC(C)CC(NC(=O)C(Cc1c[nH]c2ccccc12)NC(=O)C(N)Cc1ccccc1)C(=O)NC(Cc1c[nH]c2ccccc12)C(=O)O. The fraction of sp³-hybridized carbons (Fsp3) is 0.297. The van der Waals surface area contributed by atoms with Crippen LogP contribution in [0.3, 0.4) is 0 Å². The first kappa shape index (κ1) is 33.9. The second-order valence-electron chi connectivity index (χ2n) is 12.6. The molecule has 0 bridgehead atoms. The van der Waals surface area contributed by atoms with Crippen molar-refractivity contribution in [3.8, 4) is 0 Å². The standard InChI is InChI=1S/C37H42N6O5/c1-22(2)16-31(35(45)43-33(37(47)48)19-25-21-40-30-15-9-7-13-27(25)30)42-36(46)32(18-24-20-39-29-14-8-6-12-26(24)29)41-34(44)28(38)17-23-10-4-3-5-11-23/h3-15,20-22,28,31-33,39-40H,16-19,38H2,1-2H3,(H,41,44)(H,42,46)(H,43,45)(H,47,48). The fourth-order valence-electron chi connectivity index (χ4n) is 5.94. The molecule has 0 aliphatic carbocycles. The molecule has 250 valence electrons. The van der Waals surface area contributed by atoms with E-state index in [2.05, 4.69) is 25.9 Å². The molecule has 0 saturated heterocycles. The molecule has 11 nitrogen and oxygen atoms in total. The van der Waals surface area contributed by atoms with Gasteiger partial charge in [-0.1, -0.05) is 80.6 Å². The summed E-state index contributed by atoms with van der Waals surface area (Å²) in [6, 6.07) is 20.2. The van der Waals surface area contributed by atoms with E-state index >= 15 is 0 Å². The van der Waals surface area contributed by atoms with E-state index in [0.717, 1.165) is 38.5 Å². The lowest BCUT2D eigenvalue weighted by molar-refractivity contribution is -0.142. The van der Waals surface area contributed by atoms with Gasteiger partial charge in [-0.25, -0.2) is 4.79 Å². The smallest absolute Gasteiger partial charge is 0.326 e. The molecular weight excluding hydrogens is 608 g/mol. The average Bonchev–Trinajstić information content (AvgIpc) is 3.67. The van der Waals surface area contributed by atoms with E-state index in [1.54, 1.807) is 12.4 Å². The first-order chi connectivity index (χ1) is 23.1. The molecule has 0 aliphatic rings. The van der Waals surface area contributed by atoms with Gasteiger partial charge in [-0.05, 0) is 47.6 Å². The lowest BCUT2D eigenvalue weighted by Gasteiger charge is -2.26. The van der Waals surface area contributed by atoms with E-state index in [1.807, 2.05) is 92.7 Å². The molecule has 5 aromatic rings. The first-order valence-electron chi connectivity index (χ1n) is 16.1. The summed E-state index contributed by atoms with van der Waals surface area (Å²) in [6.07, 6.45) is 4.24. The highest BCUT2D eigenvalue weighted by Crippen LogP contribution is 2.21. The molecule has 0 spiro atoms. The van der Waals surface area contributed by atoms with Crippen molar-refractivity contribution >= 4 is 45.5 Å². The summed E-state index contributed by atoms with van der Waals surface area (Å²) >= 11 is 0. The summed E-state index contributed by atoms with van der Waals surface area (Å²) in [7, 11) is 0. The van der Waals surface area contributed by atoms with E-state index in [4.69, 9.17) is 5.73 Å². The van der Waals surface area contributed by atoms with Crippen molar-refractivity contribution in [3.05, 3.63) is 108 Å². The van der Waals surface area contributed by atoms with Gasteiger partial charge in [0, 0.05) is 47.0 Å². The Balaban J connectivity index is 1.34. The van der Waals surface area contributed by atoms with Gasteiger partial charge < -0.3 is 36.8 Å². The van der Waals surface area contributed by atoms with Gasteiger partial charge in [0.15, 0.2) is 0 Å². The topological polar surface area (TPSA) is 182 Å². The van der Waals surface area contributed by atoms with Crippen molar-refractivity contribution in [1.29, 1.82) is 0 Å². The van der Waals surface area contributed by atoms with Gasteiger partial charge in [0.05, 0.1) is 6.04 Å². The van der Waals surface area contributed by atoms with Crippen molar-refractivity contribution in [1.82, 2.24) is 25.9 Å². The molecule has 4 unspecified atom stereocenters. The Morgan fingerprint density at radius 3 is 1.69 bits per heavy atom. The predicted octanol–water partition coefficient (Wildman–Crippen LogP) is 3.59. The zero-order chi connectivity index (χ0) is 34.2. The molecule has 8 N–H and O–H groups in total. The maximum atomic E-state index is 14.0. The highest BCUT2D eigenvalue weighted by molar-refractivity contribution is 5.95. The van der Waals surface area contributed by atoms with E-state index in [-0.39, 0.29) is 31.6 Å². The molecule has 0 aliphatic heterocycles. The molecule has 0 fully saturated rings. The molecule has 0 radical (unpaired) electrons. The Kier molecular flexibility index (Phi) is 10.9. The molecule has 3 aromatic carbocycles. The minimum Gasteiger partial charge on any atom is -0.480 e. The quantitative estimate of drug-likeness (QED) is 0.0909.